The van der Waals surface area contributed by atoms with E-state index < -0.39 is 5.60 Å². The van der Waals surface area contributed by atoms with Crippen LogP contribution in [-0.4, -0.2) is 10.1 Å². The monoisotopic (exact) mass is 243 g/mol. The number of hydrogen-bond donors (Lipinski definition) is 1. The first-order valence-corrected chi connectivity index (χ1v) is 7.34. The van der Waals surface area contributed by atoms with Crippen LogP contribution in [0.15, 0.2) is 18.3 Å². The zero-order valence-corrected chi connectivity index (χ0v) is 11.0. The molecule has 4 rings (SSSR count). The van der Waals surface area contributed by atoms with Crippen LogP contribution in [0.3, 0.4) is 0 Å². The highest BCUT2D eigenvalue weighted by atomic mass is 16.3. The Hall–Kier alpha value is -0.890. The molecule has 5 atom stereocenters. The van der Waals surface area contributed by atoms with Gasteiger partial charge in [0.05, 0.1) is 5.60 Å². The van der Waals surface area contributed by atoms with Crippen molar-refractivity contribution in [2.24, 2.45) is 23.7 Å². The van der Waals surface area contributed by atoms with E-state index in [2.05, 4.69) is 11.1 Å². The molecule has 0 radical (unpaired) electrons. The quantitative estimate of drug-likeness (QED) is 0.822. The van der Waals surface area contributed by atoms with Gasteiger partial charge in [0, 0.05) is 17.5 Å². The number of aromatic nitrogens is 1. The van der Waals surface area contributed by atoms with Crippen molar-refractivity contribution in [1.29, 1.82) is 0 Å². The zero-order valence-electron chi connectivity index (χ0n) is 11.0. The Balaban J connectivity index is 1.71. The van der Waals surface area contributed by atoms with E-state index in [1.807, 2.05) is 19.2 Å². The van der Waals surface area contributed by atoms with Crippen LogP contribution in [0.2, 0.25) is 0 Å². The number of nitrogens with zero attached hydrogens (tertiary/aromatic N) is 1. The van der Waals surface area contributed by atoms with Gasteiger partial charge in [-0.1, -0.05) is 12.5 Å². The van der Waals surface area contributed by atoms with Crippen molar-refractivity contribution in [3.63, 3.8) is 0 Å². The molecule has 5 unspecified atom stereocenters. The molecule has 0 spiro atoms. The van der Waals surface area contributed by atoms with Gasteiger partial charge in [-0.25, -0.2) is 0 Å². The lowest BCUT2D eigenvalue weighted by molar-refractivity contribution is -0.0515. The predicted octanol–water partition coefficient (Wildman–Crippen LogP) is 3.03. The third-order valence-corrected chi connectivity index (χ3v) is 5.90. The van der Waals surface area contributed by atoms with Crippen molar-refractivity contribution >= 4 is 0 Å². The van der Waals surface area contributed by atoms with Crippen LogP contribution in [0, 0.1) is 30.6 Å². The zero-order chi connectivity index (χ0) is 12.3. The second-order valence-corrected chi connectivity index (χ2v) is 6.68. The highest BCUT2D eigenvalue weighted by molar-refractivity contribution is 5.26. The van der Waals surface area contributed by atoms with Crippen molar-refractivity contribution < 1.29 is 5.11 Å². The van der Waals surface area contributed by atoms with Gasteiger partial charge in [0.15, 0.2) is 0 Å². The van der Waals surface area contributed by atoms with Crippen LogP contribution in [-0.2, 0) is 5.60 Å². The molecule has 2 heteroatoms. The molecular formula is C16H21NO. The van der Waals surface area contributed by atoms with E-state index in [1.54, 1.807) is 0 Å². The molecule has 96 valence electrons. The van der Waals surface area contributed by atoms with E-state index in [0.717, 1.165) is 35.4 Å². The van der Waals surface area contributed by atoms with Gasteiger partial charge in [0.2, 0.25) is 0 Å². The first kappa shape index (κ1) is 11.0. The third kappa shape index (κ3) is 1.30. The second-order valence-electron chi connectivity index (χ2n) is 6.68. The fourth-order valence-corrected chi connectivity index (χ4v) is 5.17. The molecule has 18 heavy (non-hydrogen) atoms. The Bertz CT molecular complexity index is 468. The summed E-state index contributed by atoms with van der Waals surface area (Å²) >= 11 is 0. The number of pyridine rings is 1. The maximum absolute atomic E-state index is 11.2. The van der Waals surface area contributed by atoms with E-state index in [9.17, 15) is 5.11 Å². The van der Waals surface area contributed by atoms with Crippen LogP contribution in [0.5, 0.6) is 0 Å². The number of aliphatic hydroxyl groups is 1. The van der Waals surface area contributed by atoms with Gasteiger partial charge in [0.25, 0.3) is 0 Å². The molecule has 2 nitrogen and oxygen atoms in total. The van der Waals surface area contributed by atoms with Crippen molar-refractivity contribution in [1.82, 2.24) is 4.98 Å². The first-order chi connectivity index (χ1) is 8.68. The molecular weight excluding hydrogens is 222 g/mol. The molecule has 3 aliphatic carbocycles. The van der Waals surface area contributed by atoms with Gasteiger partial charge in [-0.15, -0.1) is 0 Å². The Labute approximate surface area is 108 Å². The normalized spacial score (nSPS) is 45.4. The second kappa shape index (κ2) is 3.57. The molecule has 3 aliphatic rings. The van der Waals surface area contributed by atoms with E-state index in [1.165, 1.54) is 25.7 Å². The summed E-state index contributed by atoms with van der Waals surface area (Å²) in [4.78, 5) is 4.38. The van der Waals surface area contributed by atoms with Gasteiger partial charge >= 0.3 is 0 Å². The summed E-state index contributed by atoms with van der Waals surface area (Å²) in [6.07, 6.45) is 8.26. The van der Waals surface area contributed by atoms with Crippen LogP contribution < -0.4 is 0 Å². The maximum Gasteiger partial charge on any atom is 0.0944 e. The molecule has 1 N–H and O–H groups in total. The summed E-state index contributed by atoms with van der Waals surface area (Å²) in [5, 5.41) is 11.2. The highest BCUT2D eigenvalue weighted by Gasteiger charge is 2.60. The van der Waals surface area contributed by atoms with Gasteiger partial charge in [0.1, 0.15) is 0 Å². The van der Waals surface area contributed by atoms with Gasteiger partial charge in [-0.3, -0.25) is 4.98 Å². The Kier molecular flexibility index (Phi) is 2.18. The first-order valence-electron chi connectivity index (χ1n) is 7.34. The topological polar surface area (TPSA) is 33.1 Å². The Morgan fingerprint density at radius 2 is 2.11 bits per heavy atom. The molecule has 0 aliphatic heterocycles. The van der Waals surface area contributed by atoms with Gasteiger partial charge < -0.3 is 5.11 Å². The van der Waals surface area contributed by atoms with Gasteiger partial charge in [-0.05, 0) is 62.3 Å². The summed E-state index contributed by atoms with van der Waals surface area (Å²) in [6.45, 7) is 2.00. The van der Waals surface area contributed by atoms with Gasteiger partial charge in [-0.2, -0.15) is 0 Å². The lowest BCUT2D eigenvalue weighted by Gasteiger charge is -2.39. The summed E-state index contributed by atoms with van der Waals surface area (Å²) < 4.78 is 0. The van der Waals surface area contributed by atoms with Crippen molar-refractivity contribution in [3.05, 3.63) is 29.6 Å². The average molecular weight is 243 g/mol. The average Bonchev–Trinajstić information content (AvgIpc) is 3.00. The smallest absolute Gasteiger partial charge is 0.0944 e. The standard InChI is InChI=1S/C16H21NO/c1-10-5-6-12(9-17-10)16(18)8-11-7-15(16)14-4-2-3-13(11)14/h5-6,9,11,13-15,18H,2-4,7-8H2,1H3. The molecule has 3 fully saturated rings. The van der Waals surface area contributed by atoms with Crippen molar-refractivity contribution in [2.75, 3.05) is 0 Å². The molecule has 1 heterocycles. The van der Waals surface area contributed by atoms with Crippen LogP contribution >= 0.6 is 0 Å². The molecule has 1 aromatic rings. The van der Waals surface area contributed by atoms with E-state index in [-0.39, 0.29) is 0 Å². The predicted molar refractivity (Wildman–Crippen MR) is 69.9 cm³/mol. The van der Waals surface area contributed by atoms with Crippen LogP contribution in [0.1, 0.15) is 43.4 Å². The summed E-state index contributed by atoms with van der Waals surface area (Å²) in [7, 11) is 0. The fourth-order valence-electron chi connectivity index (χ4n) is 5.17. The highest BCUT2D eigenvalue weighted by Crippen LogP contribution is 2.65. The summed E-state index contributed by atoms with van der Waals surface area (Å²) in [6, 6.07) is 4.12. The van der Waals surface area contributed by atoms with Crippen LogP contribution in [0.25, 0.3) is 0 Å². The molecule has 1 aromatic heterocycles. The number of fused-ring (bicyclic) bond motifs is 5. The van der Waals surface area contributed by atoms with E-state index in [4.69, 9.17) is 0 Å². The largest absolute Gasteiger partial charge is 0.385 e. The summed E-state index contributed by atoms with van der Waals surface area (Å²) in [5.74, 6) is 2.98. The number of hydrogen-bond acceptors (Lipinski definition) is 2. The SMILES string of the molecule is Cc1ccc(C2(O)CC3CC2C2CCCC32)cn1. The fraction of sp³-hybridized carbons (Fsp3) is 0.688. The van der Waals surface area contributed by atoms with Crippen LogP contribution in [0.4, 0.5) is 0 Å². The van der Waals surface area contributed by atoms with Crippen molar-refractivity contribution in [2.45, 2.75) is 44.6 Å². The minimum atomic E-state index is -0.573. The molecule has 0 saturated heterocycles. The van der Waals surface area contributed by atoms with E-state index >= 15 is 0 Å². The molecule has 2 bridgehead atoms. The van der Waals surface area contributed by atoms with Crippen molar-refractivity contribution in [3.8, 4) is 0 Å². The molecule has 0 amide bonds. The van der Waals surface area contributed by atoms with E-state index in [0.29, 0.717) is 5.92 Å². The lowest BCUT2D eigenvalue weighted by atomic mass is 9.70. The minimum absolute atomic E-state index is 0.500. The summed E-state index contributed by atoms with van der Waals surface area (Å²) in [5.41, 5.74) is 1.52. The Morgan fingerprint density at radius 1 is 1.28 bits per heavy atom. The third-order valence-electron chi connectivity index (χ3n) is 5.90. The molecule has 3 saturated carbocycles. The Morgan fingerprint density at radius 3 is 2.89 bits per heavy atom. The number of rotatable bonds is 1. The molecule has 0 aromatic carbocycles. The minimum Gasteiger partial charge on any atom is -0.385 e. The number of aryl methyl sites for hydroxylation is 1. The maximum atomic E-state index is 11.2. The lowest BCUT2D eigenvalue weighted by Crippen LogP contribution is -2.39.